The lowest BCUT2D eigenvalue weighted by Crippen LogP contribution is -2.50. The van der Waals surface area contributed by atoms with Crippen LogP contribution >= 0.6 is 11.3 Å². The number of nitrogens with zero attached hydrogens (tertiary/aromatic N) is 2. The molecule has 10 heteroatoms. The van der Waals surface area contributed by atoms with E-state index in [1.54, 1.807) is 4.90 Å². The zero-order valence-electron chi connectivity index (χ0n) is 19.2. The van der Waals surface area contributed by atoms with E-state index in [0.717, 1.165) is 44.6 Å². The molecule has 1 amide bonds. The third kappa shape index (κ3) is 6.73. The third-order valence-corrected chi connectivity index (χ3v) is 7.05. The first kappa shape index (κ1) is 26.0. The smallest absolute Gasteiger partial charge is 0.487 e. The number of piperidine rings is 1. The van der Waals surface area contributed by atoms with E-state index in [4.69, 9.17) is 14.6 Å². The molecule has 2 aromatic rings. The Bertz CT molecular complexity index is 971. The molecule has 186 valence electrons. The highest BCUT2D eigenvalue weighted by atomic mass is 32.1. The summed E-state index contributed by atoms with van der Waals surface area (Å²) in [7, 11) is 3.68. The van der Waals surface area contributed by atoms with Gasteiger partial charge < -0.3 is 14.7 Å². The van der Waals surface area contributed by atoms with Gasteiger partial charge >= 0.3 is 12.1 Å². The standard InChI is InChI=1S/C22H28N2O2S.C2HF3O2/c1-23(2)21(25)14-17-15-22(26-20-8-4-3-7-19(17)20)9-11-24(12-10-22)16-18-6-5-13-27-18;3-2(4,5)1(6)7/h3-8,13,17H,9-12,14-16H2,1-2H3;(H,6,7). The van der Waals surface area contributed by atoms with Crippen LogP contribution in [0.2, 0.25) is 0 Å². The Morgan fingerprint density at radius 3 is 2.38 bits per heavy atom. The van der Waals surface area contributed by atoms with Crippen LogP contribution in [0.3, 0.4) is 0 Å². The minimum atomic E-state index is -5.08. The van der Waals surface area contributed by atoms with Gasteiger partial charge in [-0.25, -0.2) is 4.79 Å². The van der Waals surface area contributed by atoms with Crippen LogP contribution in [0.4, 0.5) is 13.2 Å². The van der Waals surface area contributed by atoms with Crippen molar-refractivity contribution >= 4 is 23.2 Å². The minimum absolute atomic E-state index is 0.127. The Morgan fingerprint density at radius 2 is 1.82 bits per heavy atom. The first-order valence-corrected chi connectivity index (χ1v) is 11.9. The number of hydrogen-bond donors (Lipinski definition) is 1. The first-order valence-electron chi connectivity index (χ1n) is 11.0. The molecular weight excluding hydrogens is 469 g/mol. The summed E-state index contributed by atoms with van der Waals surface area (Å²) in [5.74, 6) is -1.34. The molecule has 0 saturated carbocycles. The molecule has 1 fully saturated rings. The molecule has 1 N–H and O–H groups in total. The number of rotatable bonds is 4. The number of thiophene rings is 1. The van der Waals surface area contributed by atoms with E-state index in [2.05, 4.69) is 40.6 Å². The number of carbonyl (C=O) groups excluding carboxylic acids is 1. The summed E-state index contributed by atoms with van der Waals surface area (Å²) in [6.07, 6.45) is -1.52. The van der Waals surface area contributed by atoms with Crippen LogP contribution in [-0.4, -0.2) is 65.7 Å². The van der Waals surface area contributed by atoms with Crippen LogP contribution in [-0.2, 0) is 16.1 Å². The molecule has 1 saturated heterocycles. The second-order valence-electron chi connectivity index (χ2n) is 8.87. The molecule has 3 heterocycles. The Kier molecular flexibility index (Phi) is 8.25. The Labute approximate surface area is 200 Å². The average molecular weight is 499 g/mol. The first-order chi connectivity index (χ1) is 16.0. The predicted octanol–water partition coefficient (Wildman–Crippen LogP) is 4.76. The second-order valence-corrected chi connectivity index (χ2v) is 9.91. The third-order valence-electron chi connectivity index (χ3n) is 6.19. The fourth-order valence-corrected chi connectivity index (χ4v) is 5.11. The van der Waals surface area contributed by atoms with Crippen molar-refractivity contribution in [3.8, 4) is 5.75 Å². The summed E-state index contributed by atoms with van der Waals surface area (Å²) in [6.45, 7) is 3.13. The van der Waals surface area contributed by atoms with Crippen molar-refractivity contribution < 1.29 is 32.6 Å². The molecular formula is C24H29F3N2O4S. The van der Waals surface area contributed by atoms with Gasteiger partial charge in [0.25, 0.3) is 0 Å². The summed E-state index contributed by atoms with van der Waals surface area (Å²) in [6, 6.07) is 12.6. The van der Waals surface area contributed by atoms with E-state index in [-0.39, 0.29) is 17.4 Å². The van der Waals surface area contributed by atoms with Crippen LogP contribution in [0.1, 0.15) is 42.0 Å². The normalized spacial score (nSPS) is 19.4. The highest BCUT2D eigenvalue weighted by Crippen LogP contribution is 2.46. The van der Waals surface area contributed by atoms with Crippen molar-refractivity contribution in [3.63, 3.8) is 0 Å². The van der Waals surface area contributed by atoms with Crippen LogP contribution in [0.15, 0.2) is 41.8 Å². The van der Waals surface area contributed by atoms with Gasteiger partial charge in [0.05, 0.1) is 0 Å². The molecule has 1 aromatic carbocycles. The number of benzene rings is 1. The predicted molar refractivity (Wildman–Crippen MR) is 123 cm³/mol. The number of halogens is 3. The summed E-state index contributed by atoms with van der Waals surface area (Å²) in [4.78, 5) is 27.0. The lowest BCUT2D eigenvalue weighted by Gasteiger charge is -2.47. The quantitative estimate of drug-likeness (QED) is 0.658. The molecule has 1 spiro atoms. The number of hydrogen-bond acceptors (Lipinski definition) is 5. The number of para-hydroxylation sites is 1. The molecule has 34 heavy (non-hydrogen) atoms. The topological polar surface area (TPSA) is 70.1 Å². The molecule has 0 aliphatic carbocycles. The van der Waals surface area contributed by atoms with E-state index in [9.17, 15) is 18.0 Å². The Balaban J connectivity index is 0.000000406. The monoisotopic (exact) mass is 498 g/mol. The van der Waals surface area contributed by atoms with Gasteiger partial charge in [-0.2, -0.15) is 13.2 Å². The molecule has 1 unspecified atom stereocenters. The van der Waals surface area contributed by atoms with Gasteiger partial charge in [-0.05, 0) is 42.3 Å². The van der Waals surface area contributed by atoms with E-state index >= 15 is 0 Å². The number of carboxylic acid groups (broad SMARTS) is 1. The lowest BCUT2D eigenvalue weighted by atomic mass is 9.76. The van der Waals surface area contributed by atoms with Crippen LogP contribution in [0.5, 0.6) is 5.75 Å². The van der Waals surface area contributed by atoms with Gasteiger partial charge in [0.15, 0.2) is 0 Å². The molecule has 0 bridgehead atoms. The number of alkyl halides is 3. The average Bonchev–Trinajstić information content (AvgIpc) is 3.28. The zero-order chi connectivity index (χ0) is 24.9. The van der Waals surface area contributed by atoms with Crippen LogP contribution in [0.25, 0.3) is 0 Å². The van der Waals surface area contributed by atoms with Crippen molar-refractivity contribution in [1.82, 2.24) is 9.80 Å². The van der Waals surface area contributed by atoms with Crippen LogP contribution < -0.4 is 4.74 Å². The largest absolute Gasteiger partial charge is 0.490 e. The highest BCUT2D eigenvalue weighted by Gasteiger charge is 2.43. The van der Waals surface area contributed by atoms with Gasteiger partial charge in [0.1, 0.15) is 11.4 Å². The summed E-state index contributed by atoms with van der Waals surface area (Å²) in [5.41, 5.74) is 1.07. The summed E-state index contributed by atoms with van der Waals surface area (Å²) < 4.78 is 38.3. The maximum atomic E-state index is 12.4. The lowest BCUT2D eigenvalue weighted by molar-refractivity contribution is -0.192. The number of aliphatic carboxylic acids is 1. The van der Waals surface area contributed by atoms with Gasteiger partial charge in [-0.1, -0.05) is 24.3 Å². The number of likely N-dealkylation sites (tertiary alicyclic amines) is 1. The zero-order valence-corrected chi connectivity index (χ0v) is 20.0. The number of carboxylic acids is 1. The van der Waals surface area contributed by atoms with Gasteiger partial charge in [0.2, 0.25) is 5.91 Å². The van der Waals surface area contributed by atoms with Crippen molar-refractivity contribution in [2.75, 3.05) is 27.2 Å². The number of carbonyl (C=O) groups is 2. The van der Waals surface area contributed by atoms with E-state index in [0.29, 0.717) is 6.42 Å². The van der Waals surface area contributed by atoms with Crippen molar-refractivity contribution in [2.24, 2.45) is 0 Å². The molecule has 1 atom stereocenters. The molecule has 6 nitrogen and oxygen atoms in total. The Morgan fingerprint density at radius 1 is 1.18 bits per heavy atom. The second kappa shape index (κ2) is 10.8. The number of fused-ring (bicyclic) bond motifs is 1. The highest BCUT2D eigenvalue weighted by molar-refractivity contribution is 7.09. The summed E-state index contributed by atoms with van der Waals surface area (Å²) in [5, 5.41) is 9.27. The van der Waals surface area contributed by atoms with E-state index < -0.39 is 12.1 Å². The van der Waals surface area contributed by atoms with Gasteiger partial charge in [-0.3, -0.25) is 9.69 Å². The molecule has 1 aromatic heterocycles. The van der Waals surface area contributed by atoms with Crippen molar-refractivity contribution in [3.05, 3.63) is 52.2 Å². The molecule has 2 aliphatic heterocycles. The number of amides is 1. The fourth-order valence-electron chi connectivity index (χ4n) is 4.37. The van der Waals surface area contributed by atoms with Crippen molar-refractivity contribution in [2.45, 2.75) is 49.9 Å². The van der Waals surface area contributed by atoms with Crippen molar-refractivity contribution in [1.29, 1.82) is 0 Å². The van der Waals surface area contributed by atoms with Crippen LogP contribution in [0, 0.1) is 0 Å². The SMILES string of the molecule is CN(C)C(=O)CC1CC2(CCN(Cc3cccs3)CC2)Oc2ccccc21.O=C(O)C(F)(F)F. The van der Waals surface area contributed by atoms with E-state index in [1.807, 2.05) is 31.5 Å². The molecule has 0 radical (unpaired) electrons. The molecule has 2 aliphatic rings. The van der Waals surface area contributed by atoms with Gasteiger partial charge in [0, 0.05) is 50.9 Å². The number of ether oxygens (including phenoxy) is 1. The maximum absolute atomic E-state index is 12.4. The maximum Gasteiger partial charge on any atom is 0.490 e. The van der Waals surface area contributed by atoms with E-state index in [1.165, 1.54) is 10.4 Å². The molecule has 4 rings (SSSR count). The minimum Gasteiger partial charge on any atom is -0.487 e. The Hall–Kier alpha value is -2.59. The summed E-state index contributed by atoms with van der Waals surface area (Å²) >= 11 is 1.83. The fraction of sp³-hybridized carbons (Fsp3) is 0.500. The van der Waals surface area contributed by atoms with Gasteiger partial charge in [-0.15, -0.1) is 11.3 Å².